The van der Waals surface area contributed by atoms with Crippen LogP contribution in [0.2, 0.25) is 0 Å². The summed E-state index contributed by atoms with van der Waals surface area (Å²) in [4.78, 5) is 0. The lowest BCUT2D eigenvalue weighted by Crippen LogP contribution is -2.03. The lowest BCUT2D eigenvalue weighted by atomic mass is 10.2. The Morgan fingerprint density at radius 1 is 1.53 bits per heavy atom. The second kappa shape index (κ2) is 5.98. The van der Waals surface area contributed by atoms with Crippen LogP contribution in [0, 0.1) is 17.1 Å². The maximum atomic E-state index is 13.7. The Hall–Kier alpha value is -2.39. The van der Waals surface area contributed by atoms with Crippen molar-refractivity contribution in [2.75, 3.05) is 19.0 Å². The van der Waals surface area contributed by atoms with Crippen molar-refractivity contribution >= 4 is 11.4 Å². The highest BCUT2D eigenvalue weighted by molar-refractivity contribution is 5.59. The molecule has 0 atom stereocenters. The van der Waals surface area contributed by atoms with Crippen molar-refractivity contribution in [1.82, 2.24) is 9.78 Å². The highest BCUT2D eigenvalue weighted by atomic mass is 19.1. The minimum Gasteiger partial charge on any atom is -0.383 e. The number of hydrogen-bond acceptors (Lipinski definition) is 4. The van der Waals surface area contributed by atoms with Crippen LogP contribution in [0.5, 0.6) is 0 Å². The molecule has 0 saturated heterocycles. The van der Waals surface area contributed by atoms with Gasteiger partial charge in [0.2, 0.25) is 0 Å². The third kappa shape index (κ3) is 3.30. The van der Waals surface area contributed by atoms with E-state index in [0.717, 1.165) is 0 Å². The number of hydrogen-bond donors (Lipinski definition) is 1. The lowest BCUT2D eigenvalue weighted by Gasteiger charge is -2.04. The van der Waals surface area contributed by atoms with Gasteiger partial charge in [0.25, 0.3) is 0 Å². The largest absolute Gasteiger partial charge is 0.383 e. The maximum Gasteiger partial charge on any atom is 0.147 e. The Morgan fingerprint density at radius 2 is 2.37 bits per heavy atom. The van der Waals surface area contributed by atoms with Gasteiger partial charge in [0.1, 0.15) is 5.82 Å². The predicted molar refractivity (Wildman–Crippen MR) is 68.5 cm³/mol. The zero-order valence-electron chi connectivity index (χ0n) is 10.4. The van der Waals surface area contributed by atoms with Gasteiger partial charge in [-0.1, -0.05) is 0 Å². The molecular formula is C13H13FN4O. The zero-order chi connectivity index (χ0) is 13.7. The number of rotatable bonds is 5. The quantitative estimate of drug-likeness (QED) is 0.895. The topological polar surface area (TPSA) is 62.9 Å². The standard InChI is InChI=1S/C13H13FN4O/c1-19-5-4-18-9-11(8-16-18)17-13-3-2-10(7-15)6-12(13)14/h2-3,6,8-9,17H,4-5H2,1H3. The third-order valence-electron chi connectivity index (χ3n) is 2.53. The molecule has 98 valence electrons. The highest BCUT2D eigenvalue weighted by Gasteiger charge is 2.05. The Labute approximate surface area is 110 Å². The van der Waals surface area contributed by atoms with E-state index in [-0.39, 0.29) is 0 Å². The summed E-state index contributed by atoms with van der Waals surface area (Å²) in [6, 6.07) is 6.16. The van der Waals surface area contributed by atoms with E-state index in [4.69, 9.17) is 10.00 Å². The fourth-order valence-corrected chi connectivity index (χ4v) is 1.58. The van der Waals surface area contributed by atoms with E-state index in [9.17, 15) is 4.39 Å². The molecule has 0 fully saturated rings. The van der Waals surface area contributed by atoms with Crippen LogP contribution in [-0.4, -0.2) is 23.5 Å². The molecule has 1 aromatic heterocycles. The summed E-state index contributed by atoms with van der Waals surface area (Å²) in [5.74, 6) is -0.469. The van der Waals surface area contributed by atoms with Gasteiger partial charge >= 0.3 is 0 Å². The number of benzene rings is 1. The second-order valence-corrected chi connectivity index (χ2v) is 3.92. The fourth-order valence-electron chi connectivity index (χ4n) is 1.58. The molecule has 0 bridgehead atoms. The van der Waals surface area contributed by atoms with Gasteiger partial charge in [0, 0.05) is 13.3 Å². The van der Waals surface area contributed by atoms with Gasteiger partial charge in [-0.3, -0.25) is 4.68 Å². The van der Waals surface area contributed by atoms with Crippen molar-refractivity contribution in [1.29, 1.82) is 5.26 Å². The fraction of sp³-hybridized carbons (Fsp3) is 0.231. The zero-order valence-corrected chi connectivity index (χ0v) is 10.4. The number of nitrogens with one attached hydrogen (secondary N) is 1. The van der Waals surface area contributed by atoms with Crippen LogP contribution in [-0.2, 0) is 11.3 Å². The molecule has 0 aliphatic heterocycles. The molecule has 2 rings (SSSR count). The molecule has 0 aliphatic rings. The highest BCUT2D eigenvalue weighted by Crippen LogP contribution is 2.20. The van der Waals surface area contributed by atoms with Crippen molar-refractivity contribution in [2.24, 2.45) is 0 Å². The number of nitriles is 1. The van der Waals surface area contributed by atoms with E-state index in [1.807, 2.05) is 6.07 Å². The molecule has 0 aliphatic carbocycles. The molecule has 1 heterocycles. The van der Waals surface area contributed by atoms with Crippen LogP contribution in [0.1, 0.15) is 5.56 Å². The van der Waals surface area contributed by atoms with Crippen LogP contribution in [0.15, 0.2) is 30.6 Å². The minimum absolute atomic E-state index is 0.291. The molecule has 5 nitrogen and oxygen atoms in total. The van der Waals surface area contributed by atoms with Crippen molar-refractivity contribution in [3.05, 3.63) is 42.0 Å². The summed E-state index contributed by atoms with van der Waals surface area (Å²) in [6.07, 6.45) is 3.37. The summed E-state index contributed by atoms with van der Waals surface area (Å²) in [7, 11) is 1.62. The average molecular weight is 260 g/mol. The number of halogens is 1. The summed E-state index contributed by atoms with van der Waals surface area (Å²) < 4.78 is 20.3. The molecule has 0 spiro atoms. The first-order valence-electron chi connectivity index (χ1n) is 5.71. The molecule has 19 heavy (non-hydrogen) atoms. The smallest absolute Gasteiger partial charge is 0.147 e. The van der Waals surface area contributed by atoms with E-state index in [2.05, 4.69) is 10.4 Å². The second-order valence-electron chi connectivity index (χ2n) is 3.92. The maximum absolute atomic E-state index is 13.7. The number of anilines is 2. The molecule has 0 saturated carbocycles. The van der Waals surface area contributed by atoms with Crippen molar-refractivity contribution in [2.45, 2.75) is 6.54 Å². The van der Waals surface area contributed by atoms with Gasteiger partial charge in [-0.05, 0) is 18.2 Å². The molecule has 2 aromatic rings. The van der Waals surface area contributed by atoms with E-state index < -0.39 is 5.82 Å². The average Bonchev–Trinajstić information content (AvgIpc) is 2.86. The van der Waals surface area contributed by atoms with Gasteiger partial charge in [-0.15, -0.1) is 0 Å². The third-order valence-corrected chi connectivity index (χ3v) is 2.53. The normalized spacial score (nSPS) is 10.2. The molecule has 1 N–H and O–H groups in total. The van der Waals surface area contributed by atoms with Gasteiger partial charge in [-0.2, -0.15) is 10.4 Å². The molecule has 6 heteroatoms. The van der Waals surface area contributed by atoms with E-state index >= 15 is 0 Å². The number of ether oxygens (including phenoxy) is 1. The van der Waals surface area contributed by atoms with E-state index in [1.54, 1.807) is 30.3 Å². The van der Waals surface area contributed by atoms with Crippen LogP contribution in [0.3, 0.4) is 0 Å². The first kappa shape index (κ1) is 13.1. The van der Waals surface area contributed by atoms with Crippen LogP contribution in [0.4, 0.5) is 15.8 Å². The van der Waals surface area contributed by atoms with Gasteiger partial charge in [0.15, 0.2) is 0 Å². The van der Waals surface area contributed by atoms with Gasteiger partial charge in [0.05, 0.1) is 42.4 Å². The van der Waals surface area contributed by atoms with E-state index in [1.165, 1.54) is 12.1 Å². The SMILES string of the molecule is COCCn1cc(Nc2ccc(C#N)cc2F)cn1. The summed E-state index contributed by atoms with van der Waals surface area (Å²) in [5.41, 5.74) is 1.28. The van der Waals surface area contributed by atoms with Crippen molar-refractivity contribution in [3.63, 3.8) is 0 Å². The van der Waals surface area contributed by atoms with Crippen LogP contribution >= 0.6 is 0 Å². The van der Waals surface area contributed by atoms with Crippen molar-refractivity contribution < 1.29 is 9.13 Å². The summed E-state index contributed by atoms with van der Waals surface area (Å²) in [5, 5.41) is 15.7. The monoisotopic (exact) mass is 260 g/mol. The lowest BCUT2D eigenvalue weighted by molar-refractivity contribution is 0.183. The number of nitrogens with zero attached hydrogens (tertiary/aromatic N) is 3. The Balaban J connectivity index is 2.09. The predicted octanol–water partition coefficient (Wildman–Crippen LogP) is 2.28. The molecule has 1 aromatic carbocycles. The first-order valence-corrected chi connectivity index (χ1v) is 5.71. The van der Waals surface area contributed by atoms with E-state index in [0.29, 0.717) is 30.1 Å². The minimum atomic E-state index is -0.469. The summed E-state index contributed by atoms with van der Waals surface area (Å²) in [6.45, 7) is 1.19. The van der Waals surface area contributed by atoms with Crippen molar-refractivity contribution in [3.8, 4) is 6.07 Å². The molecular weight excluding hydrogens is 247 g/mol. The summed E-state index contributed by atoms with van der Waals surface area (Å²) >= 11 is 0. The Bertz CT molecular complexity index is 603. The first-order chi connectivity index (χ1) is 9.22. The molecule has 0 unspecified atom stereocenters. The Kier molecular flexibility index (Phi) is 4.11. The van der Waals surface area contributed by atoms with Gasteiger partial charge < -0.3 is 10.1 Å². The molecule has 0 radical (unpaired) electrons. The number of aromatic nitrogens is 2. The number of methoxy groups -OCH3 is 1. The van der Waals surface area contributed by atoms with Gasteiger partial charge in [-0.25, -0.2) is 4.39 Å². The Morgan fingerprint density at radius 3 is 3.05 bits per heavy atom. The van der Waals surface area contributed by atoms with Crippen LogP contribution in [0.25, 0.3) is 0 Å². The molecule has 0 amide bonds. The van der Waals surface area contributed by atoms with Crippen LogP contribution < -0.4 is 5.32 Å².